The number of amides is 1. The van der Waals surface area contributed by atoms with Crippen LogP contribution >= 0.6 is 0 Å². The van der Waals surface area contributed by atoms with Gasteiger partial charge in [-0.2, -0.15) is 4.72 Å². The lowest BCUT2D eigenvalue weighted by molar-refractivity contribution is -0.117. The highest BCUT2D eigenvalue weighted by Crippen LogP contribution is 2.17. The van der Waals surface area contributed by atoms with Gasteiger partial charge in [-0.3, -0.25) is 4.79 Å². The Labute approximate surface area is 183 Å². The van der Waals surface area contributed by atoms with Gasteiger partial charge in [0.15, 0.2) is 0 Å². The van der Waals surface area contributed by atoms with Crippen molar-refractivity contribution in [2.75, 3.05) is 11.9 Å². The van der Waals surface area contributed by atoms with E-state index in [0.717, 1.165) is 11.1 Å². The van der Waals surface area contributed by atoms with Gasteiger partial charge in [0, 0.05) is 5.69 Å². The van der Waals surface area contributed by atoms with Crippen LogP contribution in [0.3, 0.4) is 0 Å². The predicted molar refractivity (Wildman–Crippen MR) is 122 cm³/mol. The smallest absolute Gasteiger partial charge is 0.242 e. The van der Waals surface area contributed by atoms with Gasteiger partial charge < -0.3 is 10.1 Å². The normalized spacial score (nSPS) is 12.2. The van der Waals surface area contributed by atoms with Gasteiger partial charge in [-0.25, -0.2) is 8.42 Å². The lowest BCUT2D eigenvalue weighted by atomic mass is 10.1. The van der Waals surface area contributed by atoms with Crippen molar-refractivity contribution >= 4 is 21.6 Å². The maximum atomic E-state index is 13.0. The minimum Gasteiger partial charge on any atom is -0.494 e. The van der Waals surface area contributed by atoms with E-state index in [2.05, 4.69) is 10.0 Å². The number of sulfonamides is 1. The van der Waals surface area contributed by atoms with E-state index in [9.17, 15) is 13.2 Å². The molecule has 0 unspecified atom stereocenters. The Bertz CT molecular complexity index is 1100. The van der Waals surface area contributed by atoms with Gasteiger partial charge in [0.25, 0.3) is 0 Å². The molecular formula is C24H26N2O4S. The molecule has 1 amide bonds. The number of benzene rings is 3. The van der Waals surface area contributed by atoms with E-state index < -0.39 is 22.0 Å². The first-order valence-electron chi connectivity index (χ1n) is 10.0. The fourth-order valence-corrected chi connectivity index (χ4v) is 4.24. The van der Waals surface area contributed by atoms with Crippen LogP contribution in [-0.4, -0.2) is 27.0 Å². The first-order valence-corrected chi connectivity index (χ1v) is 11.5. The van der Waals surface area contributed by atoms with Crippen molar-refractivity contribution < 1.29 is 17.9 Å². The molecule has 0 aliphatic carbocycles. The Morgan fingerprint density at radius 1 is 0.935 bits per heavy atom. The van der Waals surface area contributed by atoms with Crippen molar-refractivity contribution in [2.24, 2.45) is 0 Å². The van der Waals surface area contributed by atoms with Crippen LogP contribution in [0.2, 0.25) is 0 Å². The second-order valence-corrected chi connectivity index (χ2v) is 8.84. The molecule has 0 aliphatic rings. The first kappa shape index (κ1) is 22.5. The summed E-state index contributed by atoms with van der Waals surface area (Å²) in [5, 5.41) is 2.79. The quantitative estimate of drug-likeness (QED) is 0.530. The monoisotopic (exact) mass is 438 g/mol. The molecule has 0 spiro atoms. The van der Waals surface area contributed by atoms with Crippen LogP contribution in [0.4, 0.5) is 5.69 Å². The van der Waals surface area contributed by atoms with Crippen LogP contribution in [0.5, 0.6) is 5.75 Å². The first-order chi connectivity index (χ1) is 14.9. The molecule has 3 aromatic rings. The molecule has 0 aliphatic heterocycles. The molecule has 0 saturated carbocycles. The lowest BCUT2D eigenvalue weighted by Gasteiger charge is -2.19. The fourth-order valence-electron chi connectivity index (χ4n) is 3.04. The van der Waals surface area contributed by atoms with Crippen molar-refractivity contribution in [3.05, 3.63) is 90.0 Å². The number of nitrogens with one attached hydrogen (secondary N) is 2. The number of rotatable bonds is 9. The van der Waals surface area contributed by atoms with E-state index in [1.807, 2.05) is 44.2 Å². The van der Waals surface area contributed by atoms with Crippen molar-refractivity contribution in [1.82, 2.24) is 4.72 Å². The zero-order chi connectivity index (χ0) is 22.3. The third kappa shape index (κ3) is 6.41. The van der Waals surface area contributed by atoms with E-state index in [1.54, 1.807) is 36.4 Å². The number of carbonyl (C=O) groups excluding carboxylic acids is 1. The summed E-state index contributed by atoms with van der Waals surface area (Å²) >= 11 is 0. The largest absolute Gasteiger partial charge is 0.494 e. The Morgan fingerprint density at radius 2 is 1.58 bits per heavy atom. The molecule has 0 heterocycles. The van der Waals surface area contributed by atoms with Crippen LogP contribution in [0.25, 0.3) is 0 Å². The molecule has 6 nitrogen and oxygen atoms in total. The molecule has 31 heavy (non-hydrogen) atoms. The summed E-state index contributed by atoms with van der Waals surface area (Å²) in [4.78, 5) is 13.1. The Hall–Kier alpha value is -3.16. The van der Waals surface area contributed by atoms with Crippen molar-refractivity contribution in [2.45, 2.75) is 31.2 Å². The average molecular weight is 439 g/mol. The minimum atomic E-state index is -3.88. The second-order valence-electron chi connectivity index (χ2n) is 7.12. The summed E-state index contributed by atoms with van der Waals surface area (Å²) in [6.07, 6.45) is 0.217. The molecule has 0 aromatic heterocycles. The second kappa shape index (κ2) is 10.2. The molecule has 7 heteroatoms. The molecule has 0 bridgehead atoms. The molecular weight excluding hydrogens is 412 g/mol. The zero-order valence-corrected chi connectivity index (χ0v) is 18.4. The Morgan fingerprint density at radius 3 is 2.19 bits per heavy atom. The number of carbonyl (C=O) groups is 1. The van der Waals surface area contributed by atoms with Gasteiger partial charge in [0.2, 0.25) is 15.9 Å². The minimum absolute atomic E-state index is 0.116. The van der Waals surface area contributed by atoms with Crippen molar-refractivity contribution in [1.29, 1.82) is 0 Å². The van der Waals surface area contributed by atoms with E-state index >= 15 is 0 Å². The molecule has 0 fully saturated rings. The number of hydrogen-bond donors (Lipinski definition) is 2. The predicted octanol–water partition coefficient (Wildman–Crippen LogP) is 3.92. The highest BCUT2D eigenvalue weighted by atomic mass is 32.2. The fraction of sp³-hybridized carbons (Fsp3) is 0.208. The third-order valence-corrected chi connectivity index (χ3v) is 6.15. The highest BCUT2D eigenvalue weighted by molar-refractivity contribution is 7.89. The Balaban J connectivity index is 1.81. The van der Waals surface area contributed by atoms with Gasteiger partial charge in [-0.05, 0) is 62.2 Å². The third-order valence-electron chi connectivity index (χ3n) is 4.66. The van der Waals surface area contributed by atoms with E-state index in [4.69, 9.17) is 4.74 Å². The van der Waals surface area contributed by atoms with Crippen LogP contribution in [-0.2, 0) is 21.2 Å². The van der Waals surface area contributed by atoms with E-state index in [-0.39, 0.29) is 11.3 Å². The van der Waals surface area contributed by atoms with Crippen LogP contribution in [0, 0.1) is 6.92 Å². The molecule has 162 valence electrons. The van der Waals surface area contributed by atoms with Gasteiger partial charge in [-0.1, -0.05) is 48.0 Å². The maximum Gasteiger partial charge on any atom is 0.242 e. The number of ether oxygens (including phenoxy) is 1. The summed E-state index contributed by atoms with van der Waals surface area (Å²) in [5.41, 5.74) is 2.36. The van der Waals surface area contributed by atoms with E-state index in [1.165, 1.54) is 12.1 Å². The maximum absolute atomic E-state index is 13.0. The Kier molecular flexibility index (Phi) is 7.44. The van der Waals surface area contributed by atoms with Crippen molar-refractivity contribution in [3.8, 4) is 5.75 Å². The van der Waals surface area contributed by atoms with Crippen LogP contribution < -0.4 is 14.8 Å². The van der Waals surface area contributed by atoms with Gasteiger partial charge in [0.1, 0.15) is 11.8 Å². The summed E-state index contributed by atoms with van der Waals surface area (Å²) in [6.45, 7) is 4.32. The summed E-state index contributed by atoms with van der Waals surface area (Å²) in [7, 11) is -3.88. The summed E-state index contributed by atoms with van der Waals surface area (Å²) in [5.74, 6) is 0.255. The number of anilines is 1. The van der Waals surface area contributed by atoms with E-state index in [0.29, 0.717) is 18.0 Å². The molecule has 1 atom stereocenters. The lowest BCUT2D eigenvalue weighted by Crippen LogP contribution is -2.45. The summed E-state index contributed by atoms with van der Waals surface area (Å²) in [6, 6.07) is 21.8. The van der Waals surface area contributed by atoms with Crippen LogP contribution in [0.1, 0.15) is 18.1 Å². The number of aryl methyl sites for hydroxylation is 1. The SMILES string of the molecule is CCOc1ccc(NC(=O)[C@H](Cc2ccccc2)NS(=O)(=O)c2ccc(C)cc2)cc1. The molecule has 3 rings (SSSR count). The zero-order valence-electron chi connectivity index (χ0n) is 17.5. The average Bonchev–Trinajstić information content (AvgIpc) is 2.76. The van der Waals surface area contributed by atoms with Crippen LogP contribution in [0.15, 0.2) is 83.8 Å². The molecule has 3 aromatic carbocycles. The van der Waals surface area contributed by atoms with Gasteiger partial charge in [-0.15, -0.1) is 0 Å². The number of hydrogen-bond acceptors (Lipinski definition) is 4. The summed E-state index contributed by atoms with van der Waals surface area (Å²) < 4.78 is 33.8. The van der Waals surface area contributed by atoms with Gasteiger partial charge in [0.05, 0.1) is 11.5 Å². The molecule has 0 radical (unpaired) electrons. The standard InChI is InChI=1S/C24H26N2O4S/c1-3-30-21-13-11-20(12-14-21)25-24(27)23(17-19-7-5-4-6-8-19)26-31(28,29)22-15-9-18(2)10-16-22/h4-16,23,26H,3,17H2,1-2H3,(H,25,27)/t23-/m0/s1. The van der Waals surface area contributed by atoms with Gasteiger partial charge >= 0.3 is 0 Å². The molecule has 0 saturated heterocycles. The highest BCUT2D eigenvalue weighted by Gasteiger charge is 2.26. The molecule has 2 N–H and O–H groups in total. The van der Waals surface area contributed by atoms with Crippen molar-refractivity contribution in [3.63, 3.8) is 0 Å². The topological polar surface area (TPSA) is 84.5 Å².